The average Bonchev–Trinajstić information content (AvgIpc) is 2.53. The fourth-order valence-electron chi connectivity index (χ4n) is 2.63. The second-order valence-electron chi connectivity index (χ2n) is 5.36. The van der Waals surface area contributed by atoms with E-state index >= 15 is 0 Å². The molecule has 0 spiro atoms. The Morgan fingerprint density at radius 3 is 2.67 bits per heavy atom. The molecule has 1 aromatic rings. The third-order valence-electron chi connectivity index (χ3n) is 4.03. The minimum Gasteiger partial charge on any atom is -0.396 e. The van der Waals surface area contributed by atoms with Crippen LogP contribution in [-0.4, -0.2) is 47.3 Å². The molecule has 2 rings (SSSR count). The van der Waals surface area contributed by atoms with E-state index in [-0.39, 0.29) is 19.1 Å². The fraction of sp³-hybridized carbons (Fsp3) is 0.471. The van der Waals surface area contributed by atoms with Crippen molar-refractivity contribution in [3.63, 3.8) is 0 Å². The molecular formula is C17H21NO3. The maximum Gasteiger partial charge on any atom is 0.254 e. The number of aliphatic hydroxyl groups is 2. The Bertz CT molecular complexity index is 563. The van der Waals surface area contributed by atoms with Crippen LogP contribution in [0.1, 0.15) is 34.3 Å². The zero-order chi connectivity index (χ0) is 15.2. The van der Waals surface area contributed by atoms with Crippen molar-refractivity contribution < 1.29 is 15.0 Å². The van der Waals surface area contributed by atoms with Crippen LogP contribution >= 0.6 is 0 Å². The largest absolute Gasteiger partial charge is 0.396 e. The Morgan fingerprint density at radius 2 is 2.05 bits per heavy atom. The first-order valence-electron chi connectivity index (χ1n) is 7.26. The van der Waals surface area contributed by atoms with Crippen LogP contribution in [0.4, 0.5) is 0 Å². The number of carbonyl (C=O) groups is 1. The van der Waals surface area contributed by atoms with Gasteiger partial charge in [-0.05, 0) is 43.4 Å². The van der Waals surface area contributed by atoms with Crippen molar-refractivity contribution in [2.45, 2.75) is 19.8 Å². The van der Waals surface area contributed by atoms with Crippen LogP contribution in [0.15, 0.2) is 18.2 Å². The SMILES string of the molecule is Cc1c(C#CCO)cccc1C(=O)N1CCC(CO)CC1. The minimum absolute atomic E-state index is 0.0246. The number of amides is 1. The summed E-state index contributed by atoms with van der Waals surface area (Å²) in [6, 6.07) is 5.49. The first-order chi connectivity index (χ1) is 10.2. The molecule has 0 radical (unpaired) electrons. The average molecular weight is 287 g/mol. The van der Waals surface area contributed by atoms with E-state index in [2.05, 4.69) is 11.8 Å². The van der Waals surface area contributed by atoms with E-state index in [0.29, 0.717) is 24.6 Å². The molecular weight excluding hydrogens is 266 g/mol. The van der Waals surface area contributed by atoms with Crippen LogP contribution in [0.2, 0.25) is 0 Å². The third kappa shape index (κ3) is 3.63. The van der Waals surface area contributed by atoms with Gasteiger partial charge in [0.15, 0.2) is 0 Å². The van der Waals surface area contributed by atoms with Gasteiger partial charge in [0.05, 0.1) is 0 Å². The van der Waals surface area contributed by atoms with Gasteiger partial charge in [-0.15, -0.1) is 0 Å². The number of likely N-dealkylation sites (tertiary alicyclic amines) is 1. The van der Waals surface area contributed by atoms with E-state index in [1.54, 1.807) is 0 Å². The van der Waals surface area contributed by atoms with E-state index in [4.69, 9.17) is 10.2 Å². The van der Waals surface area contributed by atoms with Crippen LogP contribution < -0.4 is 0 Å². The number of piperidine rings is 1. The van der Waals surface area contributed by atoms with Crippen LogP contribution in [0.5, 0.6) is 0 Å². The van der Waals surface area contributed by atoms with Crippen molar-refractivity contribution in [2.75, 3.05) is 26.3 Å². The summed E-state index contributed by atoms with van der Waals surface area (Å²) in [5.74, 6) is 5.83. The highest BCUT2D eigenvalue weighted by Gasteiger charge is 2.24. The number of hydrogen-bond donors (Lipinski definition) is 2. The first kappa shape index (κ1) is 15.6. The Hall–Kier alpha value is -1.83. The highest BCUT2D eigenvalue weighted by Crippen LogP contribution is 2.21. The quantitative estimate of drug-likeness (QED) is 0.803. The minimum atomic E-state index is -0.188. The predicted molar refractivity (Wildman–Crippen MR) is 80.9 cm³/mol. The summed E-state index contributed by atoms with van der Waals surface area (Å²) < 4.78 is 0. The zero-order valence-corrected chi connectivity index (χ0v) is 12.3. The molecule has 0 aromatic heterocycles. The Balaban J connectivity index is 2.16. The van der Waals surface area contributed by atoms with Gasteiger partial charge in [0.1, 0.15) is 6.61 Å². The molecule has 0 aliphatic carbocycles. The molecule has 21 heavy (non-hydrogen) atoms. The molecule has 2 N–H and O–H groups in total. The van der Waals surface area contributed by atoms with Crippen molar-refractivity contribution in [3.8, 4) is 11.8 Å². The lowest BCUT2D eigenvalue weighted by atomic mass is 9.96. The molecule has 1 amide bonds. The third-order valence-corrected chi connectivity index (χ3v) is 4.03. The Morgan fingerprint density at radius 1 is 1.33 bits per heavy atom. The van der Waals surface area contributed by atoms with Crippen molar-refractivity contribution in [3.05, 3.63) is 34.9 Å². The molecule has 0 saturated carbocycles. The Labute approximate surface area is 125 Å². The van der Waals surface area contributed by atoms with Crippen LogP contribution in [0.25, 0.3) is 0 Å². The summed E-state index contributed by atoms with van der Waals surface area (Å²) >= 11 is 0. The second kappa shape index (κ2) is 7.26. The van der Waals surface area contributed by atoms with Gasteiger partial charge in [0, 0.05) is 30.8 Å². The lowest BCUT2D eigenvalue weighted by Gasteiger charge is -2.31. The van der Waals surface area contributed by atoms with Gasteiger partial charge in [-0.2, -0.15) is 0 Å². The molecule has 1 saturated heterocycles. The predicted octanol–water partition coefficient (Wildman–Crippen LogP) is 1.18. The Kier molecular flexibility index (Phi) is 5.38. The van der Waals surface area contributed by atoms with E-state index in [0.717, 1.165) is 24.0 Å². The van der Waals surface area contributed by atoms with Crippen molar-refractivity contribution in [1.82, 2.24) is 4.90 Å². The number of hydrogen-bond acceptors (Lipinski definition) is 3. The normalized spacial score (nSPS) is 15.5. The number of rotatable bonds is 2. The molecule has 1 aliphatic rings. The molecule has 1 aromatic carbocycles. The van der Waals surface area contributed by atoms with Gasteiger partial charge in [-0.3, -0.25) is 4.79 Å². The summed E-state index contributed by atoms with van der Waals surface area (Å²) in [5, 5.41) is 17.9. The van der Waals surface area contributed by atoms with Gasteiger partial charge in [0.2, 0.25) is 0 Å². The summed E-state index contributed by atoms with van der Waals surface area (Å²) in [4.78, 5) is 14.5. The van der Waals surface area contributed by atoms with E-state index in [1.807, 2.05) is 30.0 Å². The summed E-state index contributed by atoms with van der Waals surface area (Å²) in [5.41, 5.74) is 2.30. The molecule has 4 heteroatoms. The highest BCUT2D eigenvalue weighted by molar-refractivity contribution is 5.96. The van der Waals surface area contributed by atoms with Crippen LogP contribution in [0.3, 0.4) is 0 Å². The lowest BCUT2D eigenvalue weighted by Crippen LogP contribution is -2.39. The summed E-state index contributed by atoms with van der Waals surface area (Å²) in [6.45, 7) is 3.28. The second-order valence-corrected chi connectivity index (χ2v) is 5.36. The maximum atomic E-state index is 12.6. The van der Waals surface area contributed by atoms with Crippen molar-refractivity contribution >= 4 is 5.91 Å². The number of aliphatic hydroxyl groups excluding tert-OH is 2. The van der Waals surface area contributed by atoms with Gasteiger partial charge in [0.25, 0.3) is 5.91 Å². The highest BCUT2D eigenvalue weighted by atomic mass is 16.3. The molecule has 0 bridgehead atoms. The standard InChI is InChI=1S/C17H21NO3/c1-13-15(5-3-11-19)4-2-6-16(13)17(21)18-9-7-14(12-20)8-10-18/h2,4,6,14,19-20H,7-12H2,1H3. The van der Waals surface area contributed by atoms with Crippen molar-refractivity contribution in [2.24, 2.45) is 5.92 Å². The summed E-state index contributed by atoms with van der Waals surface area (Å²) in [7, 11) is 0. The van der Waals surface area contributed by atoms with Gasteiger partial charge >= 0.3 is 0 Å². The molecule has 1 fully saturated rings. The van der Waals surface area contributed by atoms with E-state index < -0.39 is 0 Å². The van der Waals surface area contributed by atoms with Gasteiger partial charge < -0.3 is 15.1 Å². The van der Waals surface area contributed by atoms with Crippen LogP contribution in [0, 0.1) is 24.7 Å². The van der Waals surface area contributed by atoms with E-state index in [9.17, 15) is 4.79 Å². The monoisotopic (exact) mass is 287 g/mol. The maximum absolute atomic E-state index is 12.6. The number of nitrogens with zero attached hydrogens (tertiary/aromatic N) is 1. The number of carbonyl (C=O) groups excluding carboxylic acids is 1. The first-order valence-corrected chi connectivity index (χ1v) is 7.26. The van der Waals surface area contributed by atoms with Gasteiger partial charge in [-0.25, -0.2) is 0 Å². The lowest BCUT2D eigenvalue weighted by molar-refractivity contribution is 0.0650. The molecule has 112 valence electrons. The fourth-order valence-corrected chi connectivity index (χ4v) is 2.63. The molecule has 0 unspecified atom stereocenters. The van der Waals surface area contributed by atoms with Crippen molar-refractivity contribution in [1.29, 1.82) is 0 Å². The van der Waals surface area contributed by atoms with Crippen LogP contribution in [-0.2, 0) is 0 Å². The van der Waals surface area contributed by atoms with Gasteiger partial charge in [-0.1, -0.05) is 17.9 Å². The topological polar surface area (TPSA) is 60.8 Å². The molecule has 1 heterocycles. The number of benzene rings is 1. The summed E-state index contributed by atoms with van der Waals surface area (Å²) in [6.07, 6.45) is 1.70. The van der Waals surface area contributed by atoms with E-state index in [1.165, 1.54) is 0 Å². The molecule has 1 aliphatic heterocycles. The zero-order valence-electron chi connectivity index (χ0n) is 12.3. The smallest absolute Gasteiger partial charge is 0.254 e. The molecule has 0 atom stereocenters. The molecule has 4 nitrogen and oxygen atoms in total.